The fourth-order valence-electron chi connectivity index (χ4n) is 1.96. The van der Waals surface area contributed by atoms with E-state index in [9.17, 15) is 0 Å². The highest BCUT2D eigenvalue weighted by atomic mass is 16.5. The van der Waals surface area contributed by atoms with Crippen LogP contribution in [0.3, 0.4) is 0 Å². The number of methoxy groups -OCH3 is 1. The summed E-state index contributed by atoms with van der Waals surface area (Å²) in [5.74, 6) is 0. The Bertz CT molecular complexity index is 150. The molecular formula is C15H33NO. The van der Waals surface area contributed by atoms with Gasteiger partial charge < -0.3 is 10.1 Å². The van der Waals surface area contributed by atoms with Crippen LogP contribution >= 0.6 is 0 Å². The molecule has 1 N–H and O–H groups in total. The Morgan fingerprint density at radius 3 is 1.94 bits per heavy atom. The standard InChI is InChI=1S/C15H33NO/c1-5-6-7-8-9-10-11-12-13-16-14(2)15(3)17-4/h14-16H,5-13H2,1-4H3. The number of nitrogens with one attached hydrogen (secondary N) is 1. The molecule has 0 aliphatic heterocycles. The van der Waals surface area contributed by atoms with Crippen LogP contribution in [-0.2, 0) is 4.74 Å². The van der Waals surface area contributed by atoms with Gasteiger partial charge >= 0.3 is 0 Å². The smallest absolute Gasteiger partial charge is 0.0693 e. The third kappa shape index (κ3) is 10.8. The van der Waals surface area contributed by atoms with E-state index in [1.165, 1.54) is 51.4 Å². The number of ether oxygens (including phenoxy) is 1. The van der Waals surface area contributed by atoms with Gasteiger partial charge in [-0.25, -0.2) is 0 Å². The van der Waals surface area contributed by atoms with Gasteiger partial charge in [-0.3, -0.25) is 0 Å². The van der Waals surface area contributed by atoms with E-state index in [-0.39, 0.29) is 0 Å². The predicted molar refractivity (Wildman–Crippen MR) is 76.5 cm³/mol. The van der Waals surface area contributed by atoms with E-state index >= 15 is 0 Å². The average molecular weight is 243 g/mol. The van der Waals surface area contributed by atoms with Crippen LogP contribution in [0.5, 0.6) is 0 Å². The highest BCUT2D eigenvalue weighted by molar-refractivity contribution is 4.67. The molecule has 0 rings (SSSR count). The summed E-state index contributed by atoms with van der Waals surface area (Å²) in [7, 11) is 1.78. The van der Waals surface area contributed by atoms with Crippen molar-refractivity contribution in [3.63, 3.8) is 0 Å². The Hall–Kier alpha value is -0.0800. The molecule has 2 unspecified atom stereocenters. The second-order valence-electron chi connectivity index (χ2n) is 5.16. The zero-order valence-electron chi connectivity index (χ0n) is 12.4. The number of rotatable bonds is 12. The minimum absolute atomic E-state index is 0.309. The maximum atomic E-state index is 5.28. The molecule has 0 bridgehead atoms. The van der Waals surface area contributed by atoms with Gasteiger partial charge in [0.1, 0.15) is 0 Å². The predicted octanol–water partition coefficient (Wildman–Crippen LogP) is 4.14. The molecule has 0 aromatic heterocycles. The van der Waals surface area contributed by atoms with E-state index in [0.29, 0.717) is 12.1 Å². The lowest BCUT2D eigenvalue weighted by Crippen LogP contribution is -2.37. The van der Waals surface area contributed by atoms with Gasteiger partial charge in [-0.15, -0.1) is 0 Å². The quantitative estimate of drug-likeness (QED) is 0.520. The van der Waals surface area contributed by atoms with E-state index in [4.69, 9.17) is 4.74 Å². The van der Waals surface area contributed by atoms with Gasteiger partial charge in [0.25, 0.3) is 0 Å². The first-order valence-corrected chi connectivity index (χ1v) is 7.48. The summed E-state index contributed by atoms with van der Waals surface area (Å²) in [6.07, 6.45) is 11.4. The van der Waals surface area contributed by atoms with E-state index < -0.39 is 0 Å². The van der Waals surface area contributed by atoms with Crippen molar-refractivity contribution in [2.45, 2.75) is 84.3 Å². The minimum Gasteiger partial charge on any atom is -0.380 e. The van der Waals surface area contributed by atoms with Crippen molar-refractivity contribution < 1.29 is 4.74 Å². The summed E-state index contributed by atoms with van der Waals surface area (Å²) < 4.78 is 5.28. The van der Waals surface area contributed by atoms with Gasteiger partial charge in [0.15, 0.2) is 0 Å². The fourth-order valence-corrected chi connectivity index (χ4v) is 1.96. The highest BCUT2D eigenvalue weighted by Crippen LogP contribution is 2.08. The fraction of sp³-hybridized carbons (Fsp3) is 1.00. The maximum absolute atomic E-state index is 5.28. The molecule has 0 fully saturated rings. The first kappa shape index (κ1) is 16.9. The summed E-state index contributed by atoms with van der Waals surface area (Å²) in [6.45, 7) is 7.71. The topological polar surface area (TPSA) is 21.3 Å². The monoisotopic (exact) mass is 243 g/mol. The lowest BCUT2D eigenvalue weighted by atomic mass is 10.1. The van der Waals surface area contributed by atoms with Crippen molar-refractivity contribution >= 4 is 0 Å². The molecule has 2 nitrogen and oxygen atoms in total. The Balaban J connectivity index is 3.13. The normalized spacial score (nSPS) is 14.8. The summed E-state index contributed by atoms with van der Waals surface area (Å²) >= 11 is 0. The summed E-state index contributed by atoms with van der Waals surface area (Å²) in [5, 5.41) is 3.52. The van der Waals surface area contributed by atoms with Crippen molar-refractivity contribution in [3.8, 4) is 0 Å². The SMILES string of the molecule is CCCCCCCCCCNC(C)C(C)OC. The first-order valence-electron chi connectivity index (χ1n) is 7.48. The zero-order valence-corrected chi connectivity index (χ0v) is 12.4. The molecule has 0 saturated carbocycles. The Morgan fingerprint density at radius 2 is 1.41 bits per heavy atom. The van der Waals surface area contributed by atoms with Crippen LogP contribution in [0.4, 0.5) is 0 Å². The molecule has 0 amide bonds. The molecule has 104 valence electrons. The largest absolute Gasteiger partial charge is 0.380 e. The van der Waals surface area contributed by atoms with Crippen molar-refractivity contribution in [2.24, 2.45) is 0 Å². The highest BCUT2D eigenvalue weighted by Gasteiger charge is 2.08. The molecule has 0 aromatic carbocycles. The molecule has 17 heavy (non-hydrogen) atoms. The van der Waals surface area contributed by atoms with Crippen LogP contribution < -0.4 is 5.32 Å². The van der Waals surface area contributed by atoms with Crippen LogP contribution in [0.2, 0.25) is 0 Å². The summed E-state index contributed by atoms with van der Waals surface area (Å²) in [5.41, 5.74) is 0. The van der Waals surface area contributed by atoms with Crippen LogP contribution in [-0.4, -0.2) is 25.8 Å². The molecule has 0 aromatic rings. The van der Waals surface area contributed by atoms with E-state index in [1.807, 2.05) is 0 Å². The van der Waals surface area contributed by atoms with Crippen LogP contribution in [0.25, 0.3) is 0 Å². The molecule has 2 atom stereocenters. The molecule has 0 aliphatic carbocycles. The molecule has 0 saturated heterocycles. The van der Waals surface area contributed by atoms with E-state index in [0.717, 1.165) is 6.54 Å². The van der Waals surface area contributed by atoms with Crippen LogP contribution in [0.15, 0.2) is 0 Å². The number of hydrogen-bond donors (Lipinski definition) is 1. The van der Waals surface area contributed by atoms with Crippen molar-refractivity contribution in [1.82, 2.24) is 5.32 Å². The Labute approximate surface area is 109 Å². The second kappa shape index (κ2) is 12.4. The molecule has 0 radical (unpaired) electrons. The van der Waals surface area contributed by atoms with Crippen LogP contribution in [0.1, 0.15) is 72.1 Å². The van der Waals surface area contributed by atoms with Crippen molar-refractivity contribution in [2.75, 3.05) is 13.7 Å². The molecule has 0 spiro atoms. The Morgan fingerprint density at radius 1 is 0.882 bits per heavy atom. The minimum atomic E-state index is 0.309. The van der Waals surface area contributed by atoms with Gasteiger partial charge in [-0.2, -0.15) is 0 Å². The molecule has 2 heteroatoms. The maximum Gasteiger partial charge on any atom is 0.0693 e. The number of unbranched alkanes of at least 4 members (excludes halogenated alkanes) is 7. The van der Waals surface area contributed by atoms with Gasteiger partial charge in [0, 0.05) is 13.2 Å². The zero-order chi connectivity index (χ0) is 12.9. The molecule has 0 aliphatic rings. The molecule has 0 heterocycles. The van der Waals surface area contributed by atoms with Gasteiger partial charge in [0.05, 0.1) is 6.10 Å². The van der Waals surface area contributed by atoms with Gasteiger partial charge in [0.2, 0.25) is 0 Å². The summed E-state index contributed by atoms with van der Waals surface area (Å²) in [4.78, 5) is 0. The number of hydrogen-bond acceptors (Lipinski definition) is 2. The van der Waals surface area contributed by atoms with Crippen LogP contribution in [0, 0.1) is 0 Å². The second-order valence-corrected chi connectivity index (χ2v) is 5.16. The third-order valence-electron chi connectivity index (χ3n) is 3.57. The van der Waals surface area contributed by atoms with Gasteiger partial charge in [-0.1, -0.05) is 51.9 Å². The third-order valence-corrected chi connectivity index (χ3v) is 3.57. The van der Waals surface area contributed by atoms with Gasteiger partial charge in [-0.05, 0) is 26.8 Å². The van der Waals surface area contributed by atoms with Crippen molar-refractivity contribution in [3.05, 3.63) is 0 Å². The van der Waals surface area contributed by atoms with E-state index in [2.05, 4.69) is 26.1 Å². The Kier molecular flexibility index (Phi) is 12.3. The first-order chi connectivity index (χ1) is 8.22. The molecular weight excluding hydrogens is 210 g/mol. The lowest BCUT2D eigenvalue weighted by molar-refractivity contribution is 0.0887. The van der Waals surface area contributed by atoms with E-state index in [1.54, 1.807) is 7.11 Å². The van der Waals surface area contributed by atoms with Crippen molar-refractivity contribution in [1.29, 1.82) is 0 Å². The lowest BCUT2D eigenvalue weighted by Gasteiger charge is -2.19. The summed E-state index contributed by atoms with van der Waals surface area (Å²) in [6, 6.07) is 0.463. The average Bonchev–Trinajstić information content (AvgIpc) is 2.35.